The molecule has 0 aliphatic carbocycles. The number of hydrogen-bond donors (Lipinski definition) is 2. The van der Waals surface area contributed by atoms with E-state index in [1.165, 1.54) is 26.7 Å². The Balaban J connectivity index is 1.88. The van der Waals surface area contributed by atoms with Gasteiger partial charge in [0.25, 0.3) is 0 Å². The molecular weight excluding hydrogens is 314 g/mol. The lowest BCUT2D eigenvalue weighted by atomic mass is 10.2. The Hall–Kier alpha value is -3.29. The van der Waals surface area contributed by atoms with Gasteiger partial charge in [0.1, 0.15) is 17.3 Å². The van der Waals surface area contributed by atoms with Gasteiger partial charge in [-0.1, -0.05) is 0 Å². The van der Waals surface area contributed by atoms with Crippen molar-refractivity contribution in [2.45, 2.75) is 6.54 Å². The molecule has 8 heteroatoms. The van der Waals surface area contributed by atoms with Crippen molar-refractivity contribution in [2.24, 2.45) is 5.10 Å². The number of benzene rings is 1. The molecular formula is C16H17N3O5. The van der Waals surface area contributed by atoms with E-state index in [2.05, 4.69) is 15.8 Å². The third-order valence-electron chi connectivity index (χ3n) is 2.96. The van der Waals surface area contributed by atoms with Crippen molar-refractivity contribution in [3.8, 4) is 11.5 Å². The summed E-state index contributed by atoms with van der Waals surface area (Å²) in [6.07, 6.45) is 2.86. The molecule has 126 valence electrons. The van der Waals surface area contributed by atoms with Crippen LogP contribution in [0.4, 0.5) is 0 Å². The van der Waals surface area contributed by atoms with Gasteiger partial charge in [-0.25, -0.2) is 5.43 Å². The van der Waals surface area contributed by atoms with Gasteiger partial charge in [-0.3, -0.25) is 9.59 Å². The maximum Gasteiger partial charge on any atom is 0.329 e. The van der Waals surface area contributed by atoms with Gasteiger partial charge in [0.15, 0.2) is 0 Å². The SMILES string of the molecule is COc1cc(/C=N/NC(=O)C(=O)NCc2ccco2)cc(OC)c1. The van der Waals surface area contributed by atoms with Crippen molar-refractivity contribution in [3.05, 3.63) is 47.9 Å². The molecule has 0 atom stereocenters. The highest BCUT2D eigenvalue weighted by atomic mass is 16.5. The third-order valence-corrected chi connectivity index (χ3v) is 2.96. The summed E-state index contributed by atoms with van der Waals surface area (Å²) in [5.41, 5.74) is 2.78. The molecule has 24 heavy (non-hydrogen) atoms. The normalized spacial score (nSPS) is 10.4. The maximum atomic E-state index is 11.6. The Labute approximate surface area is 138 Å². The highest BCUT2D eigenvalue weighted by Crippen LogP contribution is 2.21. The zero-order chi connectivity index (χ0) is 17.4. The van der Waals surface area contributed by atoms with Gasteiger partial charge in [-0.15, -0.1) is 0 Å². The molecule has 0 fully saturated rings. The van der Waals surface area contributed by atoms with Gasteiger partial charge in [0.2, 0.25) is 0 Å². The Kier molecular flexibility index (Phi) is 5.95. The third kappa shape index (κ3) is 4.87. The van der Waals surface area contributed by atoms with Gasteiger partial charge >= 0.3 is 11.8 Å². The van der Waals surface area contributed by atoms with Gasteiger partial charge in [-0.05, 0) is 24.3 Å². The summed E-state index contributed by atoms with van der Waals surface area (Å²) in [7, 11) is 3.06. The lowest BCUT2D eigenvalue weighted by Gasteiger charge is -2.05. The number of ether oxygens (including phenoxy) is 2. The average Bonchev–Trinajstić information content (AvgIpc) is 3.12. The van der Waals surface area contributed by atoms with Gasteiger partial charge in [0, 0.05) is 11.6 Å². The van der Waals surface area contributed by atoms with Crippen LogP contribution in [0.3, 0.4) is 0 Å². The number of nitrogens with zero attached hydrogens (tertiary/aromatic N) is 1. The molecule has 0 saturated heterocycles. The van der Waals surface area contributed by atoms with E-state index in [0.29, 0.717) is 22.8 Å². The van der Waals surface area contributed by atoms with E-state index in [0.717, 1.165) is 0 Å². The van der Waals surface area contributed by atoms with Gasteiger partial charge < -0.3 is 19.2 Å². The fraction of sp³-hybridized carbons (Fsp3) is 0.188. The minimum Gasteiger partial charge on any atom is -0.497 e. The van der Waals surface area contributed by atoms with Crippen molar-refractivity contribution >= 4 is 18.0 Å². The molecule has 0 spiro atoms. The topological polar surface area (TPSA) is 102 Å². The molecule has 2 N–H and O–H groups in total. The molecule has 2 rings (SSSR count). The van der Waals surface area contributed by atoms with Crippen LogP contribution < -0.4 is 20.2 Å². The number of carbonyl (C=O) groups is 2. The van der Waals surface area contributed by atoms with E-state index < -0.39 is 11.8 Å². The molecule has 0 unspecified atom stereocenters. The molecule has 0 saturated carbocycles. The largest absolute Gasteiger partial charge is 0.497 e. The second kappa shape index (κ2) is 8.37. The highest BCUT2D eigenvalue weighted by Gasteiger charge is 2.12. The standard InChI is InChI=1S/C16H17N3O5/c1-22-13-6-11(7-14(8-13)23-2)9-18-19-16(21)15(20)17-10-12-4-3-5-24-12/h3-9H,10H2,1-2H3,(H,17,20)(H,19,21)/b18-9+. The minimum atomic E-state index is -0.882. The van der Waals surface area contributed by atoms with E-state index in [1.54, 1.807) is 30.3 Å². The van der Waals surface area contributed by atoms with Crippen LogP contribution in [-0.4, -0.2) is 32.2 Å². The Morgan fingerprint density at radius 3 is 2.46 bits per heavy atom. The van der Waals surface area contributed by atoms with E-state index in [1.807, 2.05) is 0 Å². The number of furan rings is 1. The van der Waals surface area contributed by atoms with Crippen LogP contribution >= 0.6 is 0 Å². The first-order valence-electron chi connectivity index (χ1n) is 6.99. The molecule has 2 aromatic rings. The van der Waals surface area contributed by atoms with Crippen molar-refractivity contribution in [1.82, 2.24) is 10.7 Å². The lowest BCUT2D eigenvalue weighted by molar-refractivity contribution is -0.139. The predicted molar refractivity (Wildman–Crippen MR) is 85.8 cm³/mol. The average molecular weight is 331 g/mol. The summed E-state index contributed by atoms with van der Waals surface area (Å²) in [4.78, 5) is 23.2. The maximum absolute atomic E-state index is 11.6. The second-order valence-corrected chi connectivity index (χ2v) is 4.61. The molecule has 0 aliphatic rings. The summed E-state index contributed by atoms with van der Waals surface area (Å²) in [5.74, 6) is 0.0131. The van der Waals surface area contributed by atoms with Crippen LogP contribution in [0, 0.1) is 0 Å². The molecule has 2 amide bonds. The molecule has 1 aromatic carbocycles. The van der Waals surface area contributed by atoms with E-state index in [-0.39, 0.29) is 6.54 Å². The molecule has 8 nitrogen and oxygen atoms in total. The van der Waals surface area contributed by atoms with Gasteiger partial charge in [-0.2, -0.15) is 5.10 Å². The fourth-order valence-electron chi connectivity index (χ4n) is 1.78. The Bertz CT molecular complexity index is 703. The quantitative estimate of drug-likeness (QED) is 0.468. The Morgan fingerprint density at radius 1 is 1.17 bits per heavy atom. The van der Waals surface area contributed by atoms with Crippen LogP contribution in [0.1, 0.15) is 11.3 Å². The van der Waals surface area contributed by atoms with Crippen LogP contribution in [-0.2, 0) is 16.1 Å². The zero-order valence-electron chi connectivity index (χ0n) is 13.2. The Morgan fingerprint density at radius 2 is 1.88 bits per heavy atom. The zero-order valence-corrected chi connectivity index (χ0v) is 13.2. The van der Waals surface area contributed by atoms with E-state index in [9.17, 15) is 9.59 Å². The fourth-order valence-corrected chi connectivity index (χ4v) is 1.78. The second-order valence-electron chi connectivity index (χ2n) is 4.61. The first-order valence-corrected chi connectivity index (χ1v) is 6.99. The smallest absolute Gasteiger partial charge is 0.329 e. The monoisotopic (exact) mass is 331 g/mol. The summed E-state index contributed by atoms with van der Waals surface area (Å²) >= 11 is 0. The van der Waals surface area contributed by atoms with E-state index >= 15 is 0 Å². The molecule has 0 radical (unpaired) electrons. The van der Waals surface area contributed by atoms with Crippen molar-refractivity contribution in [2.75, 3.05) is 14.2 Å². The summed E-state index contributed by atoms with van der Waals surface area (Å²) in [5, 5.41) is 6.15. The van der Waals surface area contributed by atoms with Crippen LogP contribution in [0.5, 0.6) is 11.5 Å². The number of carbonyl (C=O) groups excluding carboxylic acids is 2. The summed E-state index contributed by atoms with van der Waals surface area (Å²) < 4.78 is 15.3. The number of rotatable bonds is 6. The molecule has 1 aromatic heterocycles. The van der Waals surface area contributed by atoms with Crippen LogP contribution in [0.25, 0.3) is 0 Å². The molecule has 0 bridgehead atoms. The van der Waals surface area contributed by atoms with Gasteiger partial charge in [0.05, 0.1) is 33.2 Å². The number of hydrogen-bond acceptors (Lipinski definition) is 6. The van der Waals surface area contributed by atoms with Crippen LogP contribution in [0.2, 0.25) is 0 Å². The summed E-state index contributed by atoms with van der Waals surface area (Å²) in [6.45, 7) is 0.121. The first-order chi connectivity index (χ1) is 11.6. The lowest BCUT2D eigenvalue weighted by Crippen LogP contribution is -2.37. The molecule has 1 heterocycles. The van der Waals surface area contributed by atoms with Crippen LogP contribution in [0.15, 0.2) is 46.1 Å². The molecule has 0 aliphatic heterocycles. The predicted octanol–water partition coefficient (Wildman–Crippen LogP) is 1.06. The summed E-state index contributed by atoms with van der Waals surface area (Å²) in [6, 6.07) is 8.49. The van der Waals surface area contributed by atoms with E-state index in [4.69, 9.17) is 13.9 Å². The minimum absolute atomic E-state index is 0.121. The first kappa shape index (κ1) is 17.1. The van der Waals surface area contributed by atoms with Crippen molar-refractivity contribution in [3.63, 3.8) is 0 Å². The number of hydrazone groups is 1. The number of nitrogens with one attached hydrogen (secondary N) is 2. The van der Waals surface area contributed by atoms with Crippen molar-refractivity contribution < 1.29 is 23.5 Å². The highest BCUT2D eigenvalue weighted by molar-refractivity contribution is 6.35. The number of amides is 2. The van der Waals surface area contributed by atoms with Crippen molar-refractivity contribution in [1.29, 1.82) is 0 Å². The number of methoxy groups -OCH3 is 2.